The van der Waals surface area contributed by atoms with Crippen molar-refractivity contribution in [3.63, 3.8) is 0 Å². The molecule has 4 N–H and O–H groups in total. The molecule has 6 nitrogen and oxygen atoms in total. The highest BCUT2D eigenvalue weighted by Gasteiger charge is 2.31. The summed E-state index contributed by atoms with van der Waals surface area (Å²) in [6, 6.07) is 12.4. The lowest BCUT2D eigenvalue weighted by Gasteiger charge is -2.17. The molecule has 144 valence electrons. The van der Waals surface area contributed by atoms with E-state index in [-0.39, 0.29) is 18.7 Å². The molecule has 2 aromatic rings. The van der Waals surface area contributed by atoms with Crippen molar-refractivity contribution >= 4 is 11.9 Å². The summed E-state index contributed by atoms with van der Waals surface area (Å²) >= 11 is 0. The van der Waals surface area contributed by atoms with E-state index in [1.165, 1.54) is 12.1 Å². The largest absolute Gasteiger partial charge is 0.573 e. The van der Waals surface area contributed by atoms with Gasteiger partial charge >= 0.3 is 12.4 Å². The lowest BCUT2D eigenvalue weighted by atomic mass is 10.1. The number of urea groups is 1. The van der Waals surface area contributed by atoms with Gasteiger partial charge in [0.2, 0.25) is 5.91 Å². The minimum atomic E-state index is -4.76. The number of primary amides is 1. The van der Waals surface area contributed by atoms with Crippen LogP contribution >= 0.6 is 0 Å². The first-order chi connectivity index (χ1) is 12.7. The van der Waals surface area contributed by atoms with Gasteiger partial charge in [-0.2, -0.15) is 0 Å². The molecule has 2 aromatic carbocycles. The molecule has 0 spiro atoms. The summed E-state index contributed by atoms with van der Waals surface area (Å²) in [6.07, 6.45) is -4.52. The third-order valence-electron chi connectivity index (χ3n) is 3.54. The monoisotopic (exact) mass is 381 g/mol. The van der Waals surface area contributed by atoms with Crippen LogP contribution in [0.25, 0.3) is 0 Å². The van der Waals surface area contributed by atoms with Crippen LogP contribution in [-0.2, 0) is 17.8 Å². The van der Waals surface area contributed by atoms with Crippen LogP contribution in [0.5, 0.6) is 5.75 Å². The van der Waals surface area contributed by atoms with Gasteiger partial charge in [0.15, 0.2) is 0 Å². The Morgan fingerprint density at radius 1 is 1.00 bits per heavy atom. The van der Waals surface area contributed by atoms with Crippen molar-refractivity contribution in [2.24, 2.45) is 5.73 Å². The topological polar surface area (TPSA) is 93.5 Å². The molecule has 9 heteroatoms. The molecule has 27 heavy (non-hydrogen) atoms. The SMILES string of the molecule is NC(=O)NC(Cc1ccccc1)C(=O)NCc1ccc(OC(F)(F)F)cc1. The summed E-state index contributed by atoms with van der Waals surface area (Å²) in [5.74, 6) is -0.816. The van der Waals surface area contributed by atoms with E-state index >= 15 is 0 Å². The Bertz CT molecular complexity index is 765. The maximum absolute atomic E-state index is 12.4. The van der Waals surface area contributed by atoms with Crippen LogP contribution in [0.3, 0.4) is 0 Å². The van der Waals surface area contributed by atoms with E-state index in [4.69, 9.17) is 5.73 Å². The second-order valence-corrected chi connectivity index (χ2v) is 5.66. The number of nitrogens with one attached hydrogen (secondary N) is 2. The number of carbonyl (C=O) groups is 2. The zero-order valence-corrected chi connectivity index (χ0v) is 14.1. The van der Waals surface area contributed by atoms with Gasteiger partial charge in [0.1, 0.15) is 11.8 Å². The number of hydrogen-bond donors (Lipinski definition) is 3. The van der Waals surface area contributed by atoms with Crippen molar-refractivity contribution in [2.75, 3.05) is 0 Å². The van der Waals surface area contributed by atoms with E-state index in [1.807, 2.05) is 18.2 Å². The molecule has 0 radical (unpaired) electrons. The molecule has 0 aromatic heterocycles. The Labute approximate surface area is 153 Å². The lowest BCUT2D eigenvalue weighted by molar-refractivity contribution is -0.274. The number of nitrogens with two attached hydrogens (primary N) is 1. The number of benzene rings is 2. The number of rotatable bonds is 7. The highest BCUT2D eigenvalue weighted by molar-refractivity contribution is 5.86. The molecule has 0 heterocycles. The lowest BCUT2D eigenvalue weighted by Crippen LogP contribution is -2.49. The molecule has 0 aliphatic carbocycles. The summed E-state index contributed by atoms with van der Waals surface area (Å²) in [5, 5.41) is 5.00. The minimum Gasteiger partial charge on any atom is -0.406 e. The van der Waals surface area contributed by atoms with Gasteiger partial charge in [0.25, 0.3) is 0 Å². The van der Waals surface area contributed by atoms with Crippen LogP contribution < -0.4 is 21.1 Å². The van der Waals surface area contributed by atoms with Crippen LogP contribution in [0.1, 0.15) is 11.1 Å². The molecular weight excluding hydrogens is 363 g/mol. The smallest absolute Gasteiger partial charge is 0.406 e. The second-order valence-electron chi connectivity index (χ2n) is 5.66. The summed E-state index contributed by atoms with van der Waals surface area (Å²) < 4.78 is 40.2. The van der Waals surface area contributed by atoms with Gasteiger partial charge in [-0.3, -0.25) is 4.79 Å². The van der Waals surface area contributed by atoms with E-state index in [2.05, 4.69) is 15.4 Å². The summed E-state index contributed by atoms with van der Waals surface area (Å²) in [7, 11) is 0. The highest BCUT2D eigenvalue weighted by Crippen LogP contribution is 2.22. The Morgan fingerprint density at radius 2 is 1.63 bits per heavy atom. The average Bonchev–Trinajstić information content (AvgIpc) is 2.59. The summed E-state index contributed by atoms with van der Waals surface area (Å²) in [6.45, 7) is 0.0663. The van der Waals surface area contributed by atoms with Gasteiger partial charge in [0.05, 0.1) is 0 Å². The number of ether oxygens (including phenoxy) is 1. The van der Waals surface area contributed by atoms with Crippen molar-refractivity contribution in [2.45, 2.75) is 25.4 Å². The van der Waals surface area contributed by atoms with E-state index < -0.39 is 24.3 Å². The van der Waals surface area contributed by atoms with Crippen LogP contribution in [-0.4, -0.2) is 24.3 Å². The fraction of sp³-hybridized carbons (Fsp3) is 0.222. The van der Waals surface area contributed by atoms with E-state index in [9.17, 15) is 22.8 Å². The summed E-state index contributed by atoms with van der Waals surface area (Å²) in [4.78, 5) is 23.5. The first-order valence-electron chi connectivity index (χ1n) is 7.95. The fourth-order valence-electron chi connectivity index (χ4n) is 2.35. The molecule has 3 amide bonds. The zero-order chi connectivity index (χ0) is 19.9. The number of halogens is 3. The molecule has 0 aliphatic rings. The van der Waals surface area contributed by atoms with Crippen molar-refractivity contribution in [3.8, 4) is 5.75 Å². The van der Waals surface area contributed by atoms with Crippen LogP contribution in [0.4, 0.5) is 18.0 Å². The van der Waals surface area contributed by atoms with Crippen molar-refractivity contribution in [3.05, 3.63) is 65.7 Å². The first kappa shape index (κ1) is 20.1. The molecule has 0 saturated carbocycles. The standard InChI is InChI=1S/C18H18F3N3O3/c19-18(20,21)27-14-8-6-13(7-9-14)11-23-16(25)15(24-17(22)26)10-12-4-2-1-3-5-12/h1-9,15H,10-11H2,(H,23,25)(H3,22,24,26). The Morgan fingerprint density at radius 3 is 2.19 bits per heavy atom. The highest BCUT2D eigenvalue weighted by atomic mass is 19.4. The minimum absolute atomic E-state index is 0.0663. The molecule has 1 unspecified atom stereocenters. The van der Waals surface area contributed by atoms with Crippen molar-refractivity contribution in [1.29, 1.82) is 0 Å². The van der Waals surface area contributed by atoms with Gasteiger partial charge in [-0.05, 0) is 23.3 Å². The number of alkyl halides is 3. The number of carbonyl (C=O) groups excluding carboxylic acids is 2. The van der Waals surface area contributed by atoms with E-state index in [1.54, 1.807) is 12.1 Å². The maximum Gasteiger partial charge on any atom is 0.573 e. The van der Waals surface area contributed by atoms with Crippen LogP contribution in [0, 0.1) is 0 Å². The van der Waals surface area contributed by atoms with Gasteiger partial charge < -0.3 is 21.1 Å². The van der Waals surface area contributed by atoms with E-state index in [0.29, 0.717) is 5.56 Å². The molecule has 2 rings (SSSR count). The predicted molar refractivity (Wildman–Crippen MR) is 91.6 cm³/mol. The second kappa shape index (κ2) is 8.93. The molecule has 0 saturated heterocycles. The third-order valence-corrected chi connectivity index (χ3v) is 3.54. The van der Waals surface area contributed by atoms with Crippen LogP contribution in [0.15, 0.2) is 54.6 Å². The Hall–Kier alpha value is -3.23. The molecule has 0 bridgehead atoms. The van der Waals surface area contributed by atoms with Crippen molar-refractivity contribution in [1.82, 2.24) is 10.6 Å². The van der Waals surface area contributed by atoms with Gasteiger partial charge in [0, 0.05) is 13.0 Å². The normalized spacial score (nSPS) is 12.1. The third kappa shape index (κ3) is 7.27. The van der Waals surface area contributed by atoms with Gasteiger partial charge in [-0.15, -0.1) is 13.2 Å². The molecule has 1 atom stereocenters. The molecule has 0 fully saturated rings. The first-order valence-corrected chi connectivity index (χ1v) is 7.95. The molecular formula is C18H18F3N3O3. The Balaban J connectivity index is 1.95. The molecule has 0 aliphatic heterocycles. The van der Waals surface area contributed by atoms with Gasteiger partial charge in [-0.25, -0.2) is 4.79 Å². The number of hydrogen-bond acceptors (Lipinski definition) is 3. The van der Waals surface area contributed by atoms with E-state index in [0.717, 1.165) is 17.7 Å². The number of amides is 3. The zero-order valence-electron chi connectivity index (χ0n) is 14.1. The van der Waals surface area contributed by atoms with Gasteiger partial charge in [-0.1, -0.05) is 42.5 Å². The van der Waals surface area contributed by atoms with Crippen LogP contribution in [0.2, 0.25) is 0 Å². The van der Waals surface area contributed by atoms with Crippen molar-refractivity contribution < 1.29 is 27.5 Å². The summed E-state index contributed by atoms with van der Waals surface area (Å²) in [5.41, 5.74) is 6.52. The predicted octanol–water partition coefficient (Wildman–Crippen LogP) is 2.48. The maximum atomic E-state index is 12.4. The Kier molecular flexibility index (Phi) is 6.64. The average molecular weight is 381 g/mol. The quantitative estimate of drug-likeness (QED) is 0.688. The fourth-order valence-corrected chi connectivity index (χ4v) is 2.35.